The molecule has 0 aromatic carbocycles. The first-order valence-electron chi connectivity index (χ1n) is 6.48. The SMILES string of the molecule is CCC(CC)(C(=O)NCC1CCCS1)C(N)=NO. The van der Waals surface area contributed by atoms with Gasteiger partial charge in [0.15, 0.2) is 5.84 Å². The van der Waals surface area contributed by atoms with Gasteiger partial charge < -0.3 is 16.3 Å². The van der Waals surface area contributed by atoms with E-state index in [4.69, 9.17) is 10.9 Å². The molecule has 0 radical (unpaired) electrons. The molecule has 0 aromatic rings. The standard InChI is InChI=1S/C12H23N3O2S/c1-3-12(4-2,10(13)15-17)11(16)14-8-9-6-5-7-18-9/h9,17H,3-8H2,1-2H3,(H2,13,15)(H,14,16). The van der Waals surface area contributed by atoms with Crippen LogP contribution in [0.1, 0.15) is 39.5 Å². The van der Waals surface area contributed by atoms with Crippen LogP contribution < -0.4 is 11.1 Å². The highest BCUT2D eigenvalue weighted by atomic mass is 32.2. The van der Waals surface area contributed by atoms with Gasteiger partial charge in [-0.1, -0.05) is 19.0 Å². The molecule has 6 heteroatoms. The molecule has 0 aromatic heterocycles. The van der Waals surface area contributed by atoms with Crippen molar-refractivity contribution in [2.75, 3.05) is 12.3 Å². The second-order valence-corrected chi connectivity index (χ2v) is 6.03. The molecule has 1 fully saturated rings. The number of amidine groups is 1. The van der Waals surface area contributed by atoms with Gasteiger partial charge in [-0.25, -0.2) is 0 Å². The van der Waals surface area contributed by atoms with Gasteiger partial charge in [-0.05, 0) is 31.4 Å². The third kappa shape index (κ3) is 3.10. The van der Waals surface area contributed by atoms with Gasteiger partial charge in [0.25, 0.3) is 0 Å². The number of nitrogens with two attached hydrogens (primary N) is 1. The molecule has 1 atom stereocenters. The minimum atomic E-state index is -0.877. The maximum atomic E-state index is 12.3. The first kappa shape index (κ1) is 15.1. The summed E-state index contributed by atoms with van der Waals surface area (Å²) >= 11 is 1.90. The molecular formula is C12H23N3O2S. The van der Waals surface area contributed by atoms with E-state index in [0.717, 1.165) is 6.42 Å². The van der Waals surface area contributed by atoms with Crippen LogP contribution in [-0.2, 0) is 4.79 Å². The summed E-state index contributed by atoms with van der Waals surface area (Å²) in [6.45, 7) is 4.43. The van der Waals surface area contributed by atoms with E-state index in [0.29, 0.717) is 24.6 Å². The largest absolute Gasteiger partial charge is 0.409 e. The van der Waals surface area contributed by atoms with E-state index in [2.05, 4.69) is 10.5 Å². The second-order valence-electron chi connectivity index (χ2n) is 4.62. The zero-order chi connectivity index (χ0) is 13.6. The molecule has 1 unspecified atom stereocenters. The summed E-state index contributed by atoms with van der Waals surface area (Å²) in [7, 11) is 0. The number of nitrogens with one attached hydrogen (secondary N) is 1. The quantitative estimate of drug-likeness (QED) is 0.296. The molecule has 1 heterocycles. The Hall–Kier alpha value is -0.910. The zero-order valence-corrected chi connectivity index (χ0v) is 11.9. The van der Waals surface area contributed by atoms with Crippen molar-refractivity contribution < 1.29 is 10.0 Å². The second kappa shape index (κ2) is 6.87. The van der Waals surface area contributed by atoms with Crippen molar-refractivity contribution in [1.29, 1.82) is 0 Å². The highest BCUT2D eigenvalue weighted by molar-refractivity contribution is 8.00. The number of rotatable bonds is 6. The van der Waals surface area contributed by atoms with Crippen molar-refractivity contribution in [2.24, 2.45) is 16.3 Å². The summed E-state index contributed by atoms with van der Waals surface area (Å²) in [5.41, 5.74) is 4.81. The number of hydrogen-bond acceptors (Lipinski definition) is 4. The van der Waals surface area contributed by atoms with E-state index in [1.54, 1.807) is 0 Å². The minimum Gasteiger partial charge on any atom is -0.409 e. The van der Waals surface area contributed by atoms with Crippen LogP contribution in [0.2, 0.25) is 0 Å². The molecular weight excluding hydrogens is 250 g/mol. The van der Waals surface area contributed by atoms with Gasteiger partial charge in [-0.2, -0.15) is 11.8 Å². The molecule has 1 aliphatic heterocycles. The molecule has 5 nitrogen and oxygen atoms in total. The molecule has 4 N–H and O–H groups in total. The molecule has 1 amide bonds. The van der Waals surface area contributed by atoms with Gasteiger partial charge >= 0.3 is 0 Å². The number of carbonyl (C=O) groups excluding carboxylic acids is 1. The van der Waals surface area contributed by atoms with Crippen molar-refractivity contribution in [2.45, 2.75) is 44.8 Å². The summed E-state index contributed by atoms with van der Waals surface area (Å²) in [6.07, 6.45) is 3.43. The van der Waals surface area contributed by atoms with Crippen LogP contribution in [0.15, 0.2) is 5.16 Å². The molecule has 1 aliphatic rings. The summed E-state index contributed by atoms with van der Waals surface area (Å²) < 4.78 is 0. The van der Waals surface area contributed by atoms with Crippen LogP contribution in [0.5, 0.6) is 0 Å². The van der Waals surface area contributed by atoms with Crippen molar-refractivity contribution >= 4 is 23.5 Å². The molecule has 0 bridgehead atoms. The first-order valence-corrected chi connectivity index (χ1v) is 7.53. The average molecular weight is 273 g/mol. The van der Waals surface area contributed by atoms with Gasteiger partial charge in [0.05, 0.1) is 0 Å². The van der Waals surface area contributed by atoms with E-state index in [-0.39, 0.29) is 11.7 Å². The van der Waals surface area contributed by atoms with Crippen LogP contribution in [0.4, 0.5) is 0 Å². The molecule has 0 spiro atoms. The smallest absolute Gasteiger partial charge is 0.233 e. The lowest BCUT2D eigenvalue weighted by Gasteiger charge is -2.29. The van der Waals surface area contributed by atoms with Crippen molar-refractivity contribution in [3.8, 4) is 0 Å². The highest BCUT2D eigenvalue weighted by Crippen LogP contribution is 2.28. The minimum absolute atomic E-state index is 0.00377. The fourth-order valence-corrected chi connectivity index (χ4v) is 3.53. The number of nitrogens with zero attached hydrogens (tertiary/aromatic N) is 1. The number of thioether (sulfide) groups is 1. The Labute approximate surface area is 113 Å². The summed E-state index contributed by atoms with van der Waals surface area (Å²) in [6, 6.07) is 0. The monoisotopic (exact) mass is 273 g/mol. The van der Waals surface area contributed by atoms with E-state index in [1.807, 2.05) is 25.6 Å². The van der Waals surface area contributed by atoms with E-state index in [1.165, 1.54) is 12.2 Å². The normalized spacial score (nSPS) is 21.0. The first-order chi connectivity index (χ1) is 8.60. The summed E-state index contributed by atoms with van der Waals surface area (Å²) in [5, 5.41) is 15.3. The Morgan fingerprint density at radius 1 is 1.56 bits per heavy atom. The predicted molar refractivity (Wildman–Crippen MR) is 74.9 cm³/mol. The Morgan fingerprint density at radius 2 is 2.22 bits per heavy atom. The number of amides is 1. The average Bonchev–Trinajstić information content (AvgIpc) is 2.91. The number of oxime groups is 1. The van der Waals surface area contributed by atoms with Gasteiger partial charge in [0, 0.05) is 11.8 Å². The Kier molecular flexibility index (Phi) is 5.78. The summed E-state index contributed by atoms with van der Waals surface area (Å²) in [4.78, 5) is 12.3. The van der Waals surface area contributed by atoms with Gasteiger partial charge in [0.2, 0.25) is 5.91 Å². The van der Waals surface area contributed by atoms with E-state index in [9.17, 15) is 4.79 Å². The Morgan fingerprint density at radius 3 is 2.67 bits per heavy atom. The maximum Gasteiger partial charge on any atom is 0.233 e. The number of carbonyl (C=O) groups is 1. The van der Waals surface area contributed by atoms with Gasteiger partial charge in [-0.3, -0.25) is 4.79 Å². The Bertz CT molecular complexity index is 310. The molecule has 1 rings (SSSR count). The molecule has 18 heavy (non-hydrogen) atoms. The van der Waals surface area contributed by atoms with Crippen LogP contribution in [-0.4, -0.2) is 34.5 Å². The maximum absolute atomic E-state index is 12.3. The lowest BCUT2D eigenvalue weighted by Crippen LogP contribution is -2.50. The van der Waals surface area contributed by atoms with Crippen LogP contribution in [0.3, 0.4) is 0 Å². The summed E-state index contributed by atoms with van der Waals surface area (Å²) in [5.74, 6) is 1.05. The van der Waals surface area contributed by atoms with Crippen LogP contribution in [0.25, 0.3) is 0 Å². The molecule has 0 aliphatic carbocycles. The lowest BCUT2D eigenvalue weighted by molar-refractivity contribution is -0.128. The third-order valence-corrected chi connectivity index (χ3v) is 5.15. The van der Waals surface area contributed by atoms with Crippen LogP contribution >= 0.6 is 11.8 Å². The zero-order valence-electron chi connectivity index (χ0n) is 11.1. The molecule has 104 valence electrons. The topological polar surface area (TPSA) is 87.7 Å². The fraction of sp³-hybridized carbons (Fsp3) is 0.833. The lowest BCUT2D eigenvalue weighted by atomic mass is 9.80. The van der Waals surface area contributed by atoms with Crippen LogP contribution in [0, 0.1) is 5.41 Å². The molecule has 1 saturated heterocycles. The van der Waals surface area contributed by atoms with Crippen molar-refractivity contribution in [3.63, 3.8) is 0 Å². The van der Waals surface area contributed by atoms with Gasteiger partial charge in [-0.15, -0.1) is 0 Å². The fourth-order valence-electron chi connectivity index (χ4n) is 2.33. The van der Waals surface area contributed by atoms with Crippen molar-refractivity contribution in [1.82, 2.24) is 5.32 Å². The van der Waals surface area contributed by atoms with Gasteiger partial charge in [0.1, 0.15) is 5.41 Å². The van der Waals surface area contributed by atoms with E-state index >= 15 is 0 Å². The highest BCUT2D eigenvalue weighted by Gasteiger charge is 2.39. The molecule has 0 saturated carbocycles. The predicted octanol–water partition coefficient (Wildman–Crippen LogP) is 1.55. The third-order valence-electron chi connectivity index (χ3n) is 3.75. The van der Waals surface area contributed by atoms with E-state index < -0.39 is 5.41 Å². The van der Waals surface area contributed by atoms with Crippen molar-refractivity contribution in [3.05, 3.63) is 0 Å². The Balaban J connectivity index is 2.64. The number of hydrogen-bond donors (Lipinski definition) is 3.